The van der Waals surface area contributed by atoms with Crippen LogP contribution < -0.4 is 10.4 Å². The van der Waals surface area contributed by atoms with E-state index in [1.807, 2.05) is 6.92 Å². The Morgan fingerprint density at radius 3 is 2.50 bits per heavy atom. The Morgan fingerprint density at radius 1 is 1.10 bits per heavy atom. The normalized spacial score (nSPS) is 38.4. The molecule has 2 aliphatic heterocycles. The summed E-state index contributed by atoms with van der Waals surface area (Å²) in [4.78, 5) is 17.5. The maximum absolute atomic E-state index is 13.4. The number of aliphatic hydroxyl groups is 2. The summed E-state index contributed by atoms with van der Waals surface area (Å²) in [6, 6.07) is 7.28. The maximum atomic E-state index is 13.4. The second-order valence-corrected chi connectivity index (χ2v) is 17.3. The van der Waals surface area contributed by atoms with Crippen molar-refractivity contribution in [1.82, 2.24) is 4.98 Å². The monoisotopic (exact) mass is 597 g/mol. The molecule has 2 N–H and O–H groups in total. The summed E-state index contributed by atoms with van der Waals surface area (Å²) < 4.78 is 26.3. The highest BCUT2D eigenvalue weighted by Gasteiger charge is 2.69. The van der Waals surface area contributed by atoms with E-state index in [0.717, 1.165) is 50.6 Å². The summed E-state index contributed by atoms with van der Waals surface area (Å²) in [6.07, 6.45) is 8.00. The van der Waals surface area contributed by atoms with Crippen molar-refractivity contribution in [2.24, 2.45) is 22.7 Å². The van der Waals surface area contributed by atoms with Gasteiger partial charge in [-0.3, -0.25) is 4.98 Å². The number of pyridine rings is 1. The molecule has 0 radical (unpaired) electrons. The number of aromatic nitrogens is 1. The van der Waals surface area contributed by atoms with E-state index in [1.54, 1.807) is 30.6 Å². The Bertz CT molecular complexity index is 1340. The Hall–Kier alpha value is -2.04. The van der Waals surface area contributed by atoms with Crippen molar-refractivity contribution in [3.63, 3.8) is 0 Å². The highest BCUT2D eigenvalue weighted by molar-refractivity contribution is 6.67. The van der Waals surface area contributed by atoms with Gasteiger partial charge in [0, 0.05) is 48.1 Å². The molecule has 6 rings (SSSR count). The Morgan fingerprint density at radius 2 is 1.83 bits per heavy atom. The van der Waals surface area contributed by atoms with Crippen molar-refractivity contribution < 1.29 is 28.2 Å². The van der Waals surface area contributed by atoms with Gasteiger partial charge in [-0.05, 0) is 49.7 Å². The minimum atomic E-state index is -2.32. The molecule has 3 fully saturated rings. The van der Waals surface area contributed by atoms with Gasteiger partial charge in [-0.1, -0.05) is 53.4 Å². The average molecular weight is 598 g/mol. The Balaban J connectivity index is 1.35. The number of nitrogens with zero attached hydrogens (tertiary/aromatic N) is 1. The van der Waals surface area contributed by atoms with Crippen molar-refractivity contribution in [3.8, 4) is 17.1 Å². The van der Waals surface area contributed by atoms with E-state index in [-0.39, 0.29) is 28.7 Å². The van der Waals surface area contributed by atoms with E-state index in [9.17, 15) is 15.0 Å². The van der Waals surface area contributed by atoms with Crippen LogP contribution in [0.25, 0.3) is 11.3 Å². The van der Waals surface area contributed by atoms with Gasteiger partial charge < -0.3 is 28.2 Å². The number of hydrogen-bond acceptors (Lipinski definition) is 8. The first-order valence-electron chi connectivity index (χ1n) is 16.0. The Labute approximate surface area is 250 Å². The van der Waals surface area contributed by atoms with Crippen LogP contribution in [0.1, 0.15) is 91.2 Å². The molecule has 4 heterocycles. The van der Waals surface area contributed by atoms with Crippen molar-refractivity contribution in [2.75, 3.05) is 6.61 Å². The third-order valence-corrected chi connectivity index (χ3v) is 15.0. The fourth-order valence-electron chi connectivity index (χ4n) is 9.09. The van der Waals surface area contributed by atoms with Gasteiger partial charge in [0.25, 0.3) is 0 Å². The van der Waals surface area contributed by atoms with Crippen LogP contribution in [0.3, 0.4) is 0 Å². The number of rotatable bonds is 7. The van der Waals surface area contributed by atoms with Gasteiger partial charge in [0.05, 0.1) is 12.2 Å². The Kier molecular flexibility index (Phi) is 7.74. The lowest BCUT2D eigenvalue weighted by molar-refractivity contribution is -0.269. The lowest BCUT2D eigenvalue weighted by Gasteiger charge is -2.70. The lowest BCUT2D eigenvalue weighted by atomic mass is 9.42. The fraction of sp³-hybridized carbons (Fsp3) is 0.697. The molecule has 2 unspecified atom stereocenters. The molecule has 1 saturated heterocycles. The molecule has 2 aromatic heterocycles. The summed E-state index contributed by atoms with van der Waals surface area (Å²) in [5, 5.41) is 23.9. The molecule has 0 amide bonds. The SMILES string of the molecule is CCCC[Si-]1(CCCC)OC[C@@]2(C)C3C[C@H](O)[C@@]4(C)Oc5cc(-c6cccnc6)oc(=O)c5[C@H](O)C4[C@@]3(C)CC[C@@H]2O1. The standard InChI is InChI=1S/C33H47NO7Si/c1-6-8-15-42(16-9-7-2)38-20-32(4)24-18-25(35)33(5)29(31(24,3)13-12-26(32)41-42)28(36)27-23(40-33)17-22(39-30(27)37)21-11-10-14-34-19-21/h10-11,14,17,19,24-26,28-29,35-36H,6-9,12-13,15-16,18,20H2,1-5H3/q-1/t24?,25-,26-,28-,29?,31-,32-,33+/m0/s1. The number of fused-ring (bicyclic) bond motifs is 6. The minimum absolute atomic E-state index is 0.0164. The van der Waals surface area contributed by atoms with E-state index in [4.69, 9.17) is 18.0 Å². The second-order valence-electron chi connectivity index (χ2n) is 14.0. The van der Waals surface area contributed by atoms with Gasteiger partial charge in [-0.2, -0.15) is 0 Å². The molecular formula is C33H47NO7Si-. The van der Waals surface area contributed by atoms with Crippen LogP contribution >= 0.6 is 0 Å². The zero-order valence-electron chi connectivity index (χ0n) is 25.7. The third kappa shape index (κ3) is 4.53. The topological polar surface area (TPSA) is 111 Å². The largest absolute Gasteiger partial charge is 0.545 e. The molecule has 0 aromatic carbocycles. The van der Waals surface area contributed by atoms with Crippen LogP contribution in [-0.2, 0) is 8.85 Å². The molecule has 4 aliphatic rings. The summed E-state index contributed by atoms with van der Waals surface area (Å²) in [5.74, 6) is 0.0890. The van der Waals surface area contributed by atoms with Gasteiger partial charge in [0.2, 0.25) is 0 Å². The van der Waals surface area contributed by atoms with E-state index < -0.39 is 43.3 Å². The van der Waals surface area contributed by atoms with Crippen LogP contribution in [0.4, 0.5) is 0 Å². The predicted octanol–water partition coefficient (Wildman–Crippen LogP) is 6.15. The highest BCUT2D eigenvalue weighted by Crippen LogP contribution is 2.68. The first-order chi connectivity index (χ1) is 20.0. The molecule has 0 bridgehead atoms. The molecule has 2 aliphatic carbocycles. The molecule has 2 saturated carbocycles. The molecule has 2 aromatic rings. The lowest BCUT2D eigenvalue weighted by Crippen LogP contribution is -2.72. The van der Waals surface area contributed by atoms with Gasteiger partial charge in [-0.15, -0.1) is 12.1 Å². The van der Waals surface area contributed by atoms with Crippen molar-refractivity contribution in [2.45, 2.75) is 116 Å². The number of aliphatic hydroxyl groups excluding tert-OH is 2. The maximum Gasteiger partial charge on any atom is 0.345 e. The quantitative estimate of drug-likeness (QED) is 0.366. The van der Waals surface area contributed by atoms with Crippen LogP contribution in [0.2, 0.25) is 12.1 Å². The van der Waals surface area contributed by atoms with Gasteiger partial charge in [0.1, 0.15) is 31.2 Å². The molecule has 9 heteroatoms. The highest BCUT2D eigenvalue weighted by atomic mass is 28.4. The fourth-order valence-corrected chi connectivity index (χ4v) is 13.2. The number of unbranched alkanes of at least 4 members (excludes halogenated alkanes) is 2. The summed E-state index contributed by atoms with van der Waals surface area (Å²) in [7, 11) is -2.32. The smallest absolute Gasteiger partial charge is 0.345 e. The van der Waals surface area contributed by atoms with Gasteiger partial charge in [0.15, 0.2) is 0 Å². The van der Waals surface area contributed by atoms with Gasteiger partial charge in [-0.25, -0.2) is 4.79 Å². The second kappa shape index (κ2) is 10.8. The molecule has 42 heavy (non-hydrogen) atoms. The third-order valence-electron chi connectivity index (χ3n) is 11.4. The van der Waals surface area contributed by atoms with Crippen LogP contribution in [-0.4, -0.2) is 48.2 Å². The molecule has 8 atom stereocenters. The first-order valence-corrected chi connectivity index (χ1v) is 18.2. The van der Waals surface area contributed by atoms with Crippen molar-refractivity contribution in [3.05, 3.63) is 46.6 Å². The van der Waals surface area contributed by atoms with E-state index in [2.05, 4.69) is 32.7 Å². The minimum Gasteiger partial charge on any atom is -0.545 e. The summed E-state index contributed by atoms with van der Waals surface area (Å²) >= 11 is 0. The number of hydrogen-bond donors (Lipinski definition) is 2. The van der Waals surface area contributed by atoms with Crippen LogP contribution in [0.15, 0.2) is 39.8 Å². The van der Waals surface area contributed by atoms with Crippen LogP contribution in [0, 0.1) is 22.7 Å². The molecule has 8 nitrogen and oxygen atoms in total. The summed E-state index contributed by atoms with van der Waals surface area (Å²) in [6.45, 7) is 11.4. The zero-order valence-corrected chi connectivity index (χ0v) is 26.7. The average Bonchev–Trinajstić information content (AvgIpc) is 2.97. The van der Waals surface area contributed by atoms with E-state index in [1.165, 1.54) is 0 Å². The van der Waals surface area contributed by atoms with Crippen molar-refractivity contribution in [1.29, 1.82) is 0 Å². The van der Waals surface area contributed by atoms with E-state index >= 15 is 0 Å². The zero-order chi connectivity index (χ0) is 29.9. The molecule has 231 valence electrons. The number of ether oxygens (including phenoxy) is 1. The summed E-state index contributed by atoms with van der Waals surface area (Å²) in [5.41, 5.74) is -1.68. The van der Waals surface area contributed by atoms with Gasteiger partial charge >= 0.3 is 5.63 Å². The van der Waals surface area contributed by atoms with E-state index in [0.29, 0.717) is 24.4 Å². The molecule has 0 spiro atoms. The van der Waals surface area contributed by atoms with Crippen LogP contribution in [0.5, 0.6) is 5.75 Å². The van der Waals surface area contributed by atoms with Crippen molar-refractivity contribution >= 4 is 8.56 Å². The first kappa shape index (κ1) is 30.0. The predicted molar refractivity (Wildman–Crippen MR) is 161 cm³/mol. The molecular weight excluding hydrogens is 550 g/mol.